The van der Waals surface area contributed by atoms with Crippen LogP contribution in [0.15, 0.2) is 36.5 Å². The monoisotopic (exact) mass is 242 g/mol. The van der Waals surface area contributed by atoms with Crippen molar-refractivity contribution < 1.29 is 4.74 Å². The van der Waals surface area contributed by atoms with Crippen molar-refractivity contribution in [2.45, 2.75) is 26.2 Å². The summed E-state index contributed by atoms with van der Waals surface area (Å²) in [6, 6.07) is 10.8. The molecule has 0 amide bonds. The van der Waals surface area contributed by atoms with Crippen LogP contribution in [0.25, 0.3) is 11.3 Å². The molecule has 0 aliphatic carbocycles. The molecule has 0 bridgehead atoms. The van der Waals surface area contributed by atoms with E-state index >= 15 is 0 Å². The van der Waals surface area contributed by atoms with Crippen LogP contribution in [0.4, 0.5) is 0 Å². The van der Waals surface area contributed by atoms with E-state index in [1.165, 1.54) is 5.56 Å². The lowest BCUT2D eigenvalue weighted by atomic mass is 9.97. The van der Waals surface area contributed by atoms with E-state index in [2.05, 4.69) is 48.1 Å². The minimum absolute atomic E-state index is 0.401. The number of hydrogen-bond donors (Lipinski definition) is 0. The summed E-state index contributed by atoms with van der Waals surface area (Å²) in [5.41, 5.74) is 3.34. The van der Waals surface area contributed by atoms with E-state index in [1.54, 1.807) is 13.3 Å². The summed E-state index contributed by atoms with van der Waals surface area (Å²) in [4.78, 5) is 8.33. The first kappa shape index (κ1) is 12.6. The van der Waals surface area contributed by atoms with Crippen LogP contribution in [0.2, 0.25) is 0 Å². The number of benzene rings is 1. The van der Waals surface area contributed by atoms with Crippen LogP contribution in [-0.4, -0.2) is 17.1 Å². The van der Waals surface area contributed by atoms with Gasteiger partial charge < -0.3 is 4.74 Å². The molecule has 0 N–H and O–H groups in total. The van der Waals surface area contributed by atoms with E-state index in [0.717, 1.165) is 17.7 Å². The number of rotatable bonds is 4. The SMILES string of the molecule is CCC(C)c1ccc(-c2ccnc(OC)n2)cc1. The lowest BCUT2D eigenvalue weighted by Crippen LogP contribution is -1.94. The predicted molar refractivity (Wildman–Crippen MR) is 72.7 cm³/mol. The molecule has 1 unspecified atom stereocenters. The zero-order valence-electron chi connectivity index (χ0n) is 11.1. The molecule has 3 nitrogen and oxygen atoms in total. The van der Waals surface area contributed by atoms with Gasteiger partial charge in [-0.25, -0.2) is 4.98 Å². The molecule has 0 radical (unpaired) electrons. The number of methoxy groups -OCH3 is 1. The highest BCUT2D eigenvalue weighted by Gasteiger charge is 2.05. The van der Waals surface area contributed by atoms with Gasteiger partial charge in [0.15, 0.2) is 0 Å². The average Bonchev–Trinajstić information content (AvgIpc) is 2.46. The molecule has 1 atom stereocenters. The summed E-state index contributed by atoms with van der Waals surface area (Å²) in [5.74, 6) is 0.596. The van der Waals surface area contributed by atoms with Crippen molar-refractivity contribution in [1.29, 1.82) is 0 Å². The van der Waals surface area contributed by atoms with Crippen LogP contribution >= 0.6 is 0 Å². The number of aromatic nitrogens is 2. The first-order valence-corrected chi connectivity index (χ1v) is 6.22. The van der Waals surface area contributed by atoms with E-state index in [-0.39, 0.29) is 0 Å². The van der Waals surface area contributed by atoms with Gasteiger partial charge in [-0.05, 0) is 24.0 Å². The molecule has 3 heteroatoms. The van der Waals surface area contributed by atoms with E-state index in [0.29, 0.717) is 11.9 Å². The second-order valence-electron chi connectivity index (χ2n) is 4.36. The molecule has 2 rings (SSSR count). The third kappa shape index (κ3) is 2.67. The smallest absolute Gasteiger partial charge is 0.316 e. The minimum Gasteiger partial charge on any atom is -0.467 e. The molecule has 1 heterocycles. The molecule has 1 aromatic heterocycles. The number of hydrogen-bond acceptors (Lipinski definition) is 3. The van der Waals surface area contributed by atoms with Gasteiger partial charge >= 0.3 is 6.01 Å². The van der Waals surface area contributed by atoms with Gasteiger partial charge in [-0.15, -0.1) is 0 Å². The van der Waals surface area contributed by atoms with Crippen molar-refractivity contribution >= 4 is 0 Å². The third-order valence-corrected chi connectivity index (χ3v) is 3.20. The lowest BCUT2D eigenvalue weighted by molar-refractivity contribution is 0.380. The van der Waals surface area contributed by atoms with Crippen LogP contribution in [0.3, 0.4) is 0 Å². The Hall–Kier alpha value is -1.90. The molecular weight excluding hydrogens is 224 g/mol. The minimum atomic E-state index is 0.401. The van der Waals surface area contributed by atoms with Crippen LogP contribution in [0, 0.1) is 0 Å². The van der Waals surface area contributed by atoms with Gasteiger partial charge in [-0.1, -0.05) is 38.1 Å². The fourth-order valence-corrected chi connectivity index (χ4v) is 1.82. The van der Waals surface area contributed by atoms with Crippen LogP contribution in [0.5, 0.6) is 6.01 Å². The zero-order valence-corrected chi connectivity index (χ0v) is 11.1. The topological polar surface area (TPSA) is 35.0 Å². The Morgan fingerprint density at radius 2 is 1.89 bits per heavy atom. The zero-order chi connectivity index (χ0) is 13.0. The third-order valence-electron chi connectivity index (χ3n) is 3.20. The highest BCUT2D eigenvalue weighted by Crippen LogP contribution is 2.23. The highest BCUT2D eigenvalue weighted by molar-refractivity contribution is 5.59. The Bertz CT molecular complexity index is 508. The predicted octanol–water partition coefficient (Wildman–Crippen LogP) is 3.67. The maximum Gasteiger partial charge on any atom is 0.316 e. The maximum atomic E-state index is 5.03. The quantitative estimate of drug-likeness (QED) is 0.820. The van der Waals surface area contributed by atoms with Gasteiger partial charge in [0.25, 0.3) is 0 Å². The normalized spacial score (nSPS) is 12.2. The number of nitrogens with zero attached hydrogens (tertiary/aromatic N) is 2. The van der Waals surface area contributed by atoms with E-state index in [4.69, 9.17) is 4.74 Å². The summed E-state index contributed by atoms with van der Waals surface area (Å²) < 4.78 is 5.03. The largest absolute Gasteiger partial charge is 0.467 e. The molecule has 0 aliphatic heterocycles. The Balaban J connectivity index is 2.28. The van der Waals surface area contributed by atoms with Gasteiger partial charge in [-0.3, -0.25) is 0 Å². The Labute approximate surface area is 108 Å². The van der Waals surface area contributed by atoms with Crippen molar-refractivity contribution in [2.75, 3.05) is 7.11 Å². The lowest BCUT2D eigenvalue weighted by Gasteiger charge is -2.09. The van der Waals surface area contributed by atoms with Crippen molar-refractivity contribution in [1.82, 2.24) is 9.97 Å². The summed E-state index contributed by atoms with van der Waals surface area (Å²) in [6.07, 6.45) is 2.87. The van der Waals surface area contributed by atoms with E-state index in [9.17, 15) is 0 Å². The van der Waals surface area contributed by atoms with Crippen LogP contribution in [-0.2, 0) is 0 Å². The summed E-state index contributed by atoms with van der Waals surface area (Å²) >= 11 is 0. The molecular formula is C15H18N2O. The fourth-order valence-electron chi connectivity index (χ4n) is 1.82. The summed E-state index contributed by atoms with van der Waals surface area (Å²) in [7, 11) is 1.57. The second-order valence-corrected chi connectivity index (χ2v) is 4.36. The van der Waals surface area contributed by atoms with E-state index < -0.39 is 0 Å². The highest BCUT2D eigenvalue weighted by atomic mass is 16.5. The fraction of sp³-hybridized carbons (Fsp3) is 0.333. The van der Waals surface area contributed by atoms with Gasteiger partial charge in [0, 0.05) is 11.8 Å². The molecule has 18 heavy (non-hydrogen) atoms. The Morgan fingerprint density at radius 1 is 1.17 bits per heavy atom. The first-order valence-electron chi connectivity index (χ1n) is 6.22. The number of ether oxygens (including phenoxy) is 1. The molecule has 2 aromatic rings. The molecule has 1 aromatic carbocycles. The Kier molecular flexibility index (Phi) is 3.92. The van der Waals surface area contributed by atoms with Crippen molar-refractivity contribution in [2.24, 2.45) is 0 Å². The molecule has 0 saturated heterocycles. The van der Waals surface area contributed by atoms with Gasteiger partial charge in [0.05, 0.1) is 12.8 Å². The van der Waals surface area contributed by atoms with Crippen LogP contribution in [0.1, 0.15) is 31.7 Å². The molecule has 94 valence electrons. The van der Waals surface area contributed by atoms with Gasteiger partial charge in [0.1, 0.15) is 0 Å². The average molecular weight is 242 g/mol. The van der Waals surface area contributed by atoms with Crippen LogP contribution < -0.4 is 4.74 Å². The van der Waals surface area contributed by atoms with Crippen molar-refractivity contribution in [3.63, 3.8) is 0 Å². The molecule has 0 fully saturated rings. The maximum absolute atomic E-state index is 5.03. The first-order chi connectivity index (χ1) is 8.74. The molecule has 0 spiro atoms. The summed E-state index contributed by atoms with van der Waals surface area (Å²) in [5, 5.41) is 0. The van der Waals surface area contributed by atoms with Gasteiger partial charge in [-0.2, -0.15) is 4.98 Å². The Morgan fingerprint density at radius 3 is 2.50 bits per heavy atom. The standard InChI is InChI=1S/C15H18N2O/c1-4-11(2)12-5-7-13(8-6-12)14-9-10-16-15(17-14)18-3/h5-11H,4H2,1-3H3. The summed E-state index contributed by atoms with van der Waals surface area (Å²) in [6.45, 7) is 4.44. The van der Waals surface area contributed by atoms with Gasteiger partial charge in [0.2, 0.25) is 0 Å². The second kappa shape index (κ2) is 5.63. The van der Waals surface area contributed by atoms with E-state index in [1.807, 2.05) is 6.07 Å². The van der Waals surface area contributed by atoms with Crippen molar-refractivity contribution in [3.8, 4) is 17.3 Å². The van der Waals surface area contributed by atoms with Crippen molar-refractivity contribution in [3.05, 3.63) is 42.1 Å². The molecule has 0 aliphatic rings. The molecule has 0 saturated carbocycles.